The number of furan rings is 1. The van der Waals surface area contributed by atoms with E-state index in [0.29, 0.717) is 46.1 Å². The molecular weight excluding hydrogens is 475 g/mol. The van der Waals surface area contributed by atoms with Gasteiger partial charge in [0.05, 0.1) is 29.1 Å². The normalized spacial score (nSPS) is 11.2. The fourth-order valence-electron chi connectivity index (χ4n) is 4.06. The molecule has 37 heavy (non-hydrogen) atoms. The fraction of sp³-hybridized carbons (Fsp3) is 0.0769. The summed E-state index contributed by atoms with van der Waals surface area (Å²) in [6.45, 7) is 2.01. The first-order valence-electron chi connectivity index (χ1n) is 11.4. The zero-order chi connectivity index (χ0) is 25.4. The van der Waals surface area contributed by atoms with Crippen molar-refractivity contribution >= 4 is 22.6 Å². The van der Waals surface area contributed by atoms with Gasteiger partial charge in [0.25, 0.3) is 5.91 Å². The Morgan fingerprint density at radius 1 is 1.08 bits per heavy atom. The molecule has 0 fully saturated rings. The van der Waals surface area contributed by atoms with E-state index in [-0.39, 0.29) is 5.69 Å². The third kappa shape index (κ3) is 4.22. The van der Waals surface area contributed by atoms with Crippen molar-refractivity contribution in [2.45, 2.75) is 13.5 Å². The van der Waals surface area contributed by atoms with Crippen molar-refractivity contribution < 1.29 is 13.6 Å². The Labute approximate surface area is 209 Å². The van der Waals surface area contributed by atoms with E-state index in [2.05, 4.69) is 25.9 Å². The van der Waals surface area contributed by atoms with Gasteiger partial charge >= 0.3 is 0 Å². The van der Waals surface area contributed by atoms with Crippen molar-refractivity contribution in [2.24, 2.45) is 0 Å². The zero-order valence-electron chi connectivity index (χ0n) is 19.5. The van der Waals surface area contributed by atoms with Crippen molar-refractivity contribution in [2.75, 3.05) is 5.32 Å². The molecule has 0 saturated heterocycles. The van der Waals surface area contributed by atoms with E-state index in [0.717, 1.165) is 5.56 Å². The van der Waals surface area contributed by atoms with Crippen LogP contribution in [0.25, 0.3) is 28.0 Å². The number of anilines is 1. The number of pyridine rings is 1. The molecule has 11 heteroatoms. The summed E-state index contributed by atoms with van der Waals surface area (Å²) in [6.07, 6.45) is 3.20. The molecule has 6 rings (SSSR count). The highest BCUT2D eigenvalue weighted by Crippen LogP contribution is 2.27. The number of carbonyl (C=O) groups is 1. The van der Waals surface area contributed by atoms with Crippen LogP contribution >= 0.6 is 0 Å². The highest BCUT2D eigenvalue weighted by Gasteiger charge is 2.19. The van der Waals surface area contributed by atoms with Crippen LogP contribution in [0.5, 0.6) is 0 Å². The molecule has 0 aliphatic carbocycles. The van der Waals surface area contributed by atoms with E-state index in [1.165, 1.54) is 22.9 Å². The van der Waals surface area contributed by atoms with E-state index < -0.39 is 11.7 Å². The molecular formula is C26H19FN8O2. The standard InChI is InChI=1S/C26H19FN8O2/c1-16-31-32-33-35(16)24-12-18(9-10-22(24)27)29-26(36)20-13-23(17-6-3-2-4-7-17)30-25-21(20)14-28-34(25)15-19-8-5-11-37-19/h2-14H,15H2,1H3,(H,29,36). The molecule has 0 unspecified atom stereocenters. The molecule has 2 aromatic carbocycles. The molecule has 1 N–H and O–H groups in total. The van der Waals surface area contributed by atoms with E-state index in [1.54, 1.807) is 36.2 Å². The van der Waals surface area contributed by atoms with Gasteiger partial charge in [-0.1, -0.05) is 30.3 Å². The summed E-state index contributed by atoms with van der Waals surface area (Å²) in [4.78, 5) is 18.4. The Hall–Kier alpha value is -5.19. The average Bonchev–Trinajstić information content (AvgIpc) is 3.68. The van der Waals surface area contributed by atoms with Crippen LogP contribution in [0.15, 0.2) is 83.6 Å². The van der Waals surface area contributed by atoms with Crippen molar-refractivity contribution in [3.05, 3.63) is 102 Å². The molecule has 0 aliphatic heterocycles. The molecule has 0 bridgehead atoms. The van der Waals surface area contributed by atoms with Crippen LogP contribution in [-0.2, 0) is 6.54 Å². The quantitative estimate of drug-likeness (QED) is 0.364. The third-order valence-corrected chi connectivity index (χ3v) is 5.87. The highest BCUT2D eigenvalue weighted by molar-refractivity contribution is 6.12. The molecule has 1 amide bonds. The second-order valence-corrected chi connectivity index (χ2v) is 8.30. The number of fused-ring (bicyclic) bond motifs is 1. The van der Waals surface area contributed by atoms with Gasteiger partial charge in [-0.2, -0.15) is 9.78 Å². The molecule has 0 atom stereocenters. The highest BCUT2D eigenvalue weighted by atomic mass is 19.1. The van der Waals surface area contributed by atoms with Crippen molar-refractivity contribution in [3.8, 4) is 16.9 Å². The molecule has 0 spiro atoms. The number of nitrogens with one attached hydrogen (secondary N) is 1. The molecule has 0 aliphatic rings. The maximum atomic E-state index is 14.5. The number of aryl methyl sites for hydroxylation is 1. The lowest BCUT2D eigenvalue weighted by molar-refractivity contribution is 0.102. The molecule has 182 valence electrons. The first kappa shape index (κ1) is 22.3. The van der Waals surface area contributed by atoms with E-state index in [4.69, 9.17) is 9.40 Å². The Kier molecular flexibility index (Phi) is 5.49. The van der Waals surface area contributed by atoms with E-state index in [9.17, 15) is 9.18 Å². The van der Waals surface area contributed by atoms with Gasteiger partial charge in [-0.3, -0.25) is 4.79 Å². The Morgan fingerprint density at radius 2 is 1.95 bits per heavy atom. The van der Waals surface area contributed by atoms with Gasteiger partial charge in [0.1, 0.15) is 23.8 Å². The number of aromatic nitrogens is 7. The summed E-state index contributed by atoms with van der Waals surface area (Å²) in [5.41, 5.74) is 2.87. The second kappa shape index (κ2) is 9.11. The summed E-state index contributed by atoms with van der Waals surface area (Å²) < 4.78 is 23.0. The number of amides is 1. The largest absolute Gasteiger partial charge is 0.467 e. The summed E-state index contributed by atoms with van der Waals surface area (Å²) in [5.74, 6) is 0.202. The maximum Gasteiger partial charge on any atom is 0.256 e. The van der Waals surface area contributed by atoms with Crippen LogP contribution in [0.1, 0.15) is 21.9 Å². The van der Waals surface area contributed by atoms with Crippen LogP contribution in [0.4, 0.5) is 10.1 Å². The predicted octanol–water partition coefficient (Wildman–Crippen LogP) is 4.42. The minimum Gasteiger partial charge on any atom is -0.467 e. The SMILES string of the molecule is Cc1nnnn1-c1cc(NC(=O)c2cc(-c3ccccc3)nc3c2cnn3Cc2ccco2)ccc1F. The minimum absolute atomic E-state index is 0.122. The van der Waals surface area contributed by atoms with E-state index in [1.807, 2.05) is 36.4 Å². The number of benzene rings is 2. The van der Waals surface area contributed by atoms with Gasteiger partial charge in [-0.25, -0.2) is 14.1 Å². The number of rotatable bonds is 6. The van der Waals surface area contributed by atoms with Crippen LogP contribution < -0.4 is 5.32 Å². The summed E-state index contributed by atoms with van der Waals surface area (Å²) >= 11 is 0. The van der Waals surface area contributed by atoms with Crippen LogP contribution in [0.2, 0.25) is 0 Å². The average molecular weight is 494 g/mol. The third-order valence-electron chi connectivity index (χ3n) is 5.87. The van der Waals surface area contributed by atoms with Gasteiger partial charge in [-0.15, -0.1) is 5.10 Å². The second-order valence-electron chi connectivity index (χ2n) is 8.30. The maximum absolute atomic E-state index is 14.5. The number of hydrogen-bond acceptors (Lipinski definition) is 7. The summed E-state index contributed by atoms with van der Waals surface area (Å²) in [6, 6.07) is 19.2. The summed E-state index contributed by atoms with van der Waals surface area (Å²) in [5, 5.41) is 19.1. The molecule has 10 nitrogen and oxygen atoms in total. The van der Waals surface area contributed by atoms with Crippen LogP contribution in [0, 0.1) is 12.7 Å². The molecule has 4 heterocycles. The Balaban J connectivity index is 1.41. The van der Waals surface area contributed by atoms with Crippen LogP contribution in [-0.4, -0.2) is 40.9 Å². The molecule has 0 saturated carbocycles. The topological polar surface area (TPSA) is 117 Å². The van der Waals surface area contributed by atoms with Gasteiger partial charge in [0.2, 0.25) is 0 Å². The number of nitrogens with zero attached hydrogens (tertiary/aromatic N) is 7. The monoisotopic (exact) mass is 494 g/mol. The minimum atomic E-state index is -0.523. The number of carbonyl (C=O) groups excluding carboxylic acids is 1. The lowest BCUT2D eigenvalue weighted by Crippen LogP contribution is -2.14. The first-order valence-corrected chi connectivity index (χ1v) is 11.4. The number of hydrogen-bond donors (Lipinski definition) is 1. The van der Waals surface area contributed by atoms with Crippen molar-refractivity contribution in [1.29, 1.82) is 0 Å². The van der Waals surface area contributed by atoms with Gasteiger partial charge in [0, 0.05) is 11.3 Å². The predicted molar refractivity (Wildman–Crippen MR) is 133 cm³/mol. The zero-order valence-corrected chi connectivity index (χ0v) is 19.5. The van der Waals surface area contributed by atoms with Crippen LogP contribution in [0.3, 0.4) is 0 Å². The smallest absolute Gasteiger partial charge is 0.256 e. The van der Waals surface area contributed by atoms with Gasteiger partial charge in [-0.05, 0) is 53.7 Å². The lowest BCUT2D eigenvalue weighted by Gasteiger charge is -2.11. The van der Waals surface area contributed by atoms with E-state index >= 15 is 0 Å². The number of halogens is 1. The first-order chi connectivity index (χ1) is 18.1. The van der Waals surface area contributed by atoms with Gasteiger partial charge < -0.3 is 9.73 Å². The molecule has 0 radical (unpaired) electrons. The van der Waals surface area contributed by atoms with Gasteiger partial charge in [0.15, 0.2) is 11.5 Å². The van der Waals surface area contributed by atoms with Crippen molar-refractivity contribution in [1.82, 2.24) is 35.0 Å². The molecule has 4 aromatic heterocycles. The number of tetrazole rings is 1. The fourth-order valence-corrected chi connectivity index (χ4v) is 4.06. The van der Waals surface area contributed by atoms with Crippen molar-refractivity contribution in [3.63, 3.8) is 0 Å². The molecule has 6 aromatic rings. The lowest BCUT2D eigenvalue weighted by atomic mass is 10.1. The Morgan fingerprint density at radius 3 is 2.70 bits per heavy atom. The summed E-state index contributed by atoms with van der Waals surface area (Å²) in [7, 11) is 0. The Bertz CT molecular complexity index is 1720.